The first kappa shape index (κ1) is 26.7. The Morgan fingerprint density at radius 1 is 0.806 bits per heavy atom. The Bertz CT molecular complexity index is 1060. The van der Waals surface area contributed by atoms with Crippen molar-refractivity contribution in [1.29, 1.82) is 0 Å². The van der Waals surface area contributed by atoms with Crippen LogP contribution in [0.3, 0.4) is 0 Å². The number of hydrogen-bond donors (Lipinski definition) is 2. The summed E-state index contributed by atoms with van der Waals surface area (Å²) in [4.78, 5) is 25.4. The number of halogens is 2. The molecule has 2 aliphatic heterocycles. The van der Waals surface area contributed by atoms with Crippen LogP contribution in [-0.4, -0.2) is 35.1 Å². The van der Waals surface area contributed by atoms with E-state index in [0.29, 0.717) is 10.0 Å². The van der Waals surface area contributed by atoms with E-state index in [-0.39, 0.29) is 23.2 Å². The molecule has 8 heteroatoms. The van der Waals surface area contributed by atoms with Gasteiger partial charge in [0, 0.05) is 33.3 Å². The van der Waals surface area contributed by atoms with Crippen molar-refractivity contribution in [2.75, 3.05) is 0 Å². The quantitative estimate of drug-likeness (QED) is 0.336. The van der Waals surface area contributed by atoms with Crippen molar-refractivity contribution < 1.29 is 19.1 Å². The Morgan fingerprint density at radius 2 is 1.17 bits per heavy atom. The van der Waals surface area contributed by atoms with Gasteiger partial charge in [-0.25, -0.2) is 9.59 Å². The summed E-state index contributed by atoms with van der Waals surface area (Å²) < 4.78 is 11.5. The summed E-state index contributed by atoms with van der Waals surface area (Å²) in [6.07, 6.45) is 2.80. The molecule has 0 radical (unpaired) electrons. The minimum Gasteiger partial charge on any atom is -0.453 e. The van der Waals surface area contributed by atoms with Crippen LogP contribution in [0, 0.1) is 0 Å². The molecule has 2 heterocycles. The summed E-state index contributed by atoms with van der Waals surface area (Å²) in [7, 11) is 0. The molecule has 0 amide bonds. The van der Waals surface area contributed by atoms with Gasteiger partial charge < -0.3 is 20.1 Å². The van der Waals surface area contributed by atoms with Gasteiger partial charge in [-0.3, -0.25) is 0 Å². The number of benzene rings is 2. The maximum Gasteiger partial charge on any atom is 0.331 e. The molecule has 4 atom stereocenters. The first-order valence-corrected chi connectivity index (χ1v) is 12.8. The minimum absolute atomic E-state index is 0.0347. The lowest BCUT2D eigenvalue weighted by Crippen LogP contribution is -2.62. The van der Waals surface area contributed by atoms with E-state index in [1.807, 2.05) is 24.3 Å². The second kappa shape index (κ2) is 10.5. The van der Waals surface area contributed by atoms with Gasteiger partial charge in [0.1, 0.15) is 12.2 Å². The zero-order chi connectivity index (χ0) is 26.1. The van der Waals surface area contributed by atoms with Crippen LogP contribution < -0.4 is 10.6 Å². The first-order chi connectivity index (χ1) is 16.9. The summed E-state index contributed by atoms with van der Waals surface area (Å²) in [6, 6.07) is 14.4. The normalized spacial score (nSPS) is 23.7. The molecule has 0 aliphatic carbocycles. The van der Waals surface area contributed by atoms with Gasteiger partial charge in [-0.05, 0) is 75.9 Å². The number of hydrogen-bond acceptors (Lipinski definition) is 6. The summed E-state index contributed by atoms with van der Waals surface area (Å²) in [6.45, 7) is 8.35. The van der Waals surface area contributed by atoms with Crippen LogP contribution in [0.4, 0.5) is 0 Å². The lowest BCUT2D eigenvalue weighted by molar-refractivity contribution is -0.150. The molecule has 0 unspecified atom stereocenters. The number of esters is 2. The van der Waals surface area contributed by atoms with Gasteiger partial charge in [-0.2, -0.15) is 0 Å². The maximum atomic E-state index is 12.7. The van der Waals surface area contributed by atoms with Crippen LogP contribution in [0.1, 0.15) is 63.9 Å². The molecule has 2 aliphatic rings. The van der Waals surface area contributed by atoms with Crippen molar-refractivity contribution in [2.24, 2.45) is 0 Å². The SMILES string of the molecule is CC1(C)C[C@@H]([C@@H](OC(=O)/C=C\C(=O)O[C@@H](c2cccc(Cl)c2)[C@@H]2CC(C)(C)N2)c2cccc(Cl)c2)N1. The van der Waals surface area contributed by atoms with Gasteiger partial charge in [0.2, 0.25) is 0 Å². The van der Waals surface area contributed by atoms with E-state index in [0.717, 1.165) is 36.1 Å². The first-order valence-electron chi connectivity index (χ1n) is 12.1. The molecular weight excluding hydrogens is 499 g/mol. The highest BCUT2D eigenvalue weighted by atomic mass is 35.5. The van der Waals surface area contributed by atoms with E-state index in [2.05, 4.69) is 38.3 Å². The molecule has 2 N–H and O–H groups in total. The van der Waals surface area contributed by atoms with Gasteiger partial charge in [-0.15, -0.1) is 0 Å². The molecule has 36 heavy (non-hydrogen) atoms. The van der Waals surface area contributed by atoms with Gasteiger partial charge in [0.15, 0.2) is 0 Å². The fourth-order valence-electron chi connectivity index (χ4n) is 5.02. The summed E-state index contributed by atoms with van der Waals surface area (Å²) in [5, 5.41) is 7.99. The van der Waals surface area contributed by atoms with E-state index in [1.165, 1.54) is 0 Å². The lowest BCUT2D eigenvalue weighted by Gasteiger charge is -2.47. The monoisotopic (exact) mass is 530 g/mol. The third kappa shape index (κ3) is 6.68. The molecule has 2 aromatic rings. The Balaban J connectivity index is 1.42. The molecule has 2 fully saturated rings. The Hall–Kier alpha value is -2.38. The van der Waals surface area contributed by atoms with Crippen LogP contribution in [0.25, 0.3) is 0 Å². The highest BCUT2D eigenvalue weighted by Crippen LogP contribution is 2.37. The Kier molecular flexibility index (Phi) is 7.81. The molecule has 0 bridgehead atoms. The lowest BCUT2D eigenvalue weighted by atomic mass is 9.80. The number of ether oxygens (including phenoxy) is 2. The van der Waals surface area contributed by atoms with Gasteiger partial charge in [-0.1, -0.05) is 47.5 Å². The summed E-state index contributed by atoms with van der Waals surface area (Å²) in [5.41, 5.74) is 1.51. The third-order valence-electron chi connectivity index (χ3n) is 6.54. The molecule has 0 spiro atoms. The molecular formula is C28H32Cl2N2O4. The number of carbonyl (C=O) groups is 2. The zero-order valence-electron chi connectivity index (χ0n) is 20.9. The van der Waals surface area contributed by atoms with Crippen molar-refractivity contribution in [2.45, 2.75) is 75.9 Å². The van der Waals surface area contributed by atoms with Crippen LogP contribution in [0.15, 0.2) is 60.7 Å². The van der Waals surface area contributed by atoms with Gasteiger partial charge in [0.05, 0.1) is 12.1 Å². The highest BCUT2D eigenvalue weighted by molar-refractivity contribution is 6.30. The molecule has 0 aromatic heterocycles. The summed E-state index contributed by atoms with van der Waals surface area (Å²) >= 11 is 12.3. The third-order valence-corrected chi connectivity index (χ3v) is 7.01. The highest BCUT2D eigenvalue weighted by Gasteiger charge is 2.43. The second-order valence-corrected chi connectivity index (χ2v) is 11.7. The smallest absolute Gasteiger partial charge is 0.331 e. The van der Waals surface area contributed by atoms with E-state index in [9.17, 15) is 9.59 Å². The minimum atomic E-state index is -0.634. The van der Waals surface area contributed by atoms with Crippen LogP contribution >= 0.6 is 23.2 Å². The average molecular weight is 531 g/mol. The fourth-order valence-corrected chi connectivity index (χ4v) is 5.42. The number of rotatable bonds is 8. The van der Waals surface area contributed by atoms with Gasteiger partial charge >= 0.3 is 11.9 Å². The Morgan fingerprint density at radius 3 is 1.47 bits per heavy atom. The van der Waals surface area contributed by atoms with Crippen LogP contribution in [0.2, 0.25) is 10.0 Å². The van der Waals surface area contributed by atoms with Crippen molar-refractivity contribution >= 4 is 35.1 Å². The van der Waals surface area contributed by atoms with Crippen molar-refractivity contribution in [3.05, 3.63) is 81.9 Å². The fraction of sp³-hybridized carbons (Fsp3) is 0.429. The second-order valence-electron chi connectivity index (χ2n) is 10.8. The topological polar surface area (TPSA) is 76.7 Å². The number of nitrogens with one attached hydrogen (secondary N) is 2. The molecule has 2 aromatic carbocycles. The predicted octanol–water partition coefficient (Wildman–Crippen LogP) is 5.70. The van der Waals surface area contributed by atoms with Crippen LogP contribution in [-0.2, 0) is 19.1 Å². The summed E-state index contributed by atoms with van der Waals surface area (Å²) in [5.74, 6) is -1.27. The van der Waals surface area contributed by atoms with Crippen LogP contribution in [0.5, 0.6) is 0 Å². The molecule has 6 nitrogen and oxygen atoms in total. The molecule has 2 saturated heterocycles. The molecule has 192 valence electrons. The predicted molar refractivity (Wildman–Crippen MR) is 141 cm³/mol. The molecule has 4 rings (SSSR count). The van der Waals surface area contributed by atoms with Crippen molar-refractivity contribution in [3.8, 4) is 0 Å². The van der Waals surface area contributed by atoms with Gasteiger partial charge in [0.25, 0.3) is 0 Å². The average Bonchev–Trinajstić information content (AvgIpc) is 2.76. The van der Waals surface area contributed by atoms with Crippen molar-refractivity contribution in [3.63, 3.8) is 0 Å². The van der Waals surface area contributed by atoms with E-state index >= 15 is 0 Å². The maximum absolute atomic E-state index is 12.7. The van der Waals surface area contributed by atoms with Crippen molar-refractivity contribution in [1.82, 2.24) is 10.6 Å². The Labute approximate surface area is 222 Å². The number of carbonyl (C=O) groups excluding carboxylic acids is 2. The van der Waals surface area contributed by atoms with E-state index in [4.69, 9.17) is 32.7 Å². The molecule has 0 saturated carbocycles. The van der Waals surface area contributed by atoms with E-state index in [1.54, 1.807) is 24.3 Å². The largest absolute Gasteiger partial charge is 0.453 e. The zero-order valence-corrected chi connectivity index (χ0v) is 22.4. The standard InChI is InChI=1S/C28H32Cl2N2O4/c1-27(2)15-21(31-27)25(17-7-5-9-19(29)13-17)35-23(33)11-12-24(34)36-26(22-16-28(3,4)32-22)18-8-6-10-20(30)14-18/h5-14,21-22,25-26,31-32H,15-16H2,1-4H3/b12-11-/t21-,22-,25-,26-/m0/s1. The van der Waals surface area contributed by atoms with E-state index < -0.39 is 24.1 Å².